The van der Waals surface area contributed by atoms with Crippen molar-refractivity contribution in [1.29, 1.82) is 0 Å². The van der Waals surface area contributed by atoms with Gasteiger partial charge in [0, 0.05) is 49.9 Å². The molecule has 35 heavy (non-hydrogen) atoms. The lowest BCUT2D eigenvalue weighted by atomic mass is 10.0. The van der Waals surface area contributed by atoms with Crippen LogP contribution in [0.5, 0.6) is 11.5 Å². The number of halogens is 3. The molecule has 1 aliphatic rings. The van der Waals surface area contributed by atoms with Gasteiger partial charge >= 0.3 is 0 Å². The molecule has 0 bridgehead atoms. The van der Waals surface area contributed by atoms with E-state index in [-0.39, 0.29) is 17.6 Å². The minimum absolute atomic E-state index is 0.0469. The number of ether oxygens (including phenoxy) is 2. The van der Waals surface area contributed by atoms with Gasteiger partial charge in [-0.2, -0.15) is 10.2 Å². The Labute approximate surface area is 201 Å². The largest absolute Gasteiger partial charge is 0.493 e. The molecule has 10 heteroatoms. The van der Waals surface area contributed by atoms with E-state index in [0.717, 1.165) is 6.07 Å². The number of methoxy groups -OCH3 is 1. The van der Waals surface area contributed by atoms with Gasteiger partial charge in [0.2, 0.25) is 5.91 Å². The molecular formula is C25H27F3N4O3. The third-order valence-corrected chi connectivity index (χ3v) is 6.24. The summed E-state index contributed by atoms with van der Waals surface area (Å²) < 4.78 is 52.7. The van der Waals surface area contributed by atoms with E-state index in [4.69, 9.17) is 9.47 Å². The summed E-state index contributed by atoms with van der Waals surface area (Å²) >= 11 is 0. The number of alkyl halides is 2. The highest BCUT2D eigenvalue weighted by Crippen LogP contribution is 2.37. The van der Waals surface area contributed by atoms with E-state index in [2.05, 4.69) is 15.5 Å². The number of hydrogen-bond donors (Lipinski definition) is 1. The summed E-state index contributed by atoms with van der Waals surface area (Å²) in [7, 11) is 1.53. The van der Waals surface area contributed by atoms with Crippen LogP contribution >= 0.6 is 0 Å². The van der Waals surface area contributed by atoms with Crippen LogP contribution in [0.25, 0.3) is 10.9 Å². The van der Waals surface area contributed by atoms with Crippen molar-refractivity contribution < 1.29 is 27.4 Å². The molecule has 0 radical (unpaired) electrons. The molecule has 0 aliphatic carbocycles. The van der Waals surface area contributed by atoms with E-state index in [1.807, 2.05) is 0 Å². The van der Waals surface area contributed by atoms with E-state index >= 15 is 0 Å². The number of hydrogen-bond acceptors (Lipinski definition) is 6. The van der Waals surface area contributed by atoms with Crippen molar-refractivity contribution in [3.63, 3.8) is 0 Å². The lowest BCUT2D eigenvalue weighted by Gasteiger charge is -2.31. The zero-order chi connectivity index (χ0) is 25.1. The highest BCUT2D eigenvalue weighted by molar-refractivity contribution is 5.93. The highest BCUT2D eigenvalue weighted by Gasteiger charge is 2.24. The second kappa shape index (κ2) is 10.4. The molecular weight excluding hydrogens is 461 g/mol. The van der Waals surface area contributed by atoms with Gasteiger partial charge < -0.3 is 19.7 Å². The molecule has 0 unspecified atom stereocenters. The number of likely N-dealkylation sites (tertiary alicyclic amines) is 1. The monoisotopic (exact) mass is 488 g/mol. The molecule has 0 spiro atoms. The predicted octanol–water partition coefficient (Wildman–Crippen LogP) is 5.28. The average molecular weight is 489 g/mol. The van der Waals surface area contributed by atoms with Gasteiger partial charge in [0.15, 0.2) is 11.5 Å². The zero-order valence-corrected chi connectivity index (χ0v) is 19.7. The van der Waals surface area contributed by atoms with Crippen molar-refractivity contribution in [2.45, 2.75) is 45.3 Å². The number of amides is 1. The number of carbonyl (C=O) groups excluding carboxylic acids is 1. The first-order valence-corrected chi connectivity index (χ1v) is 11.4. The van der Waals surface area contributed by atoms with E-state index in [9.17, 15) is 18.0 Å². The Hall–Kier alpha value is -3.56. The Kier molecular flexibility index (Phi) is 7.28. The third kappa shape index (κ3) is 5.26. The normalized spacial score (nSPS) is 15.3. The summed E-state index contributed by atoms with van der Waals surface area (Å²) in [4.78, 5) is 13.4. The number of carbonyl (C=O) groups is 1. The van der Waals surface area contributed by atoms with Gasteiger partial charge in [-0.25, -0.2) is 13.2 Å². The summed E-state index contributed by atoms with van der Waals surface area (Å²) in [6, 6.07) is 6.83. The minimum atomic E-state index is -2.90. The fourth-order valence-corrected chi connectivity index (χ4v) is 4.28. The topological polar surface area (TPSA) is 76.6 Å². The molecule has 0 saturated carbocycles. The minimum Gasteiger partial charge on any atom is -0.493 e. The second-order valence-corrected chi connectivity index (χ2v) is 8.52. The Bertz CT molecular complexity index is 1220. The molecule has 2 aromatic carbocycles. The van der Waals surface area contributed by atoms with Crippen molar-refractivity contribution in [2.75, 3.05) is 25.5 Å². The first-order valence-electron chi connectivity index (χ1n) is 11.4. The second-order valence-electron chi connectivity index (χ2n) is 8.52. The fraction of sp³-hybridized carbons (Fsp3) is 0.400. The zero-order valence-electron chi connectivity index (χ0n) is 19.7. The van der Waals surface area contributed by atoms with Gasteiger partial charge in [-0.15, -0.1) is 0 Å². The number of piperidine rings is 1. The van der Waals surface area contributed by atoms with Gasteiger partial charge in [0.25, 0.3) is 6.43 Å². The molecule has 1 saturated heterocycles. The quantitative estimate of drug-likeness (QED) is 0.488. The van der Waals surface area contributed by atoms with Crippen LogP contribution in [0.2, 0.25) is 0 Å². The van der Waals surface area contributed by atoms with Crippen LogP contribution in [-0.2, 0) is 4.79 Å². The Morgan fingerprint density at radius 2 is 1.89 bits per heavy atom. The molecule has 1 fully saturated rings. The maximum atomic E-state index is 14.7. The van der Waals surface area contributed by atoms with E-state index in [1.165, 1.54) is 25.4 Å². The summed E-state index contributed by atoms with van der Waals surface area (Å²) in [5.74, 6) is 0.111. The first-order chi connectivity index (χ1) is 16.8. The summed E-state index contributed by atoms with van der Waals surface area (Å²) in [6.45, 7) is 4.48. The maximum absolute atomic E-state index is 14.7. The number of benzene rings is 2. The van der Waals surface area contributed by atoms with Crippen LogP contribution in [0, 0.1) is 5.82 Å². The van der Waals surface area contributed by atoms with Crippen molar-refractivity contribution in [2.24, 2.45) is 0 Å². The summed E-state index contributed by atoms with van der Waals surface area (Å²) in [5, 5.41) is 12.0. The molecule has 4 rings (SSSR count). The van der Waals surface area contributed by atoms with E-state index < -0.39 is 23.8 Å². The SMILES string of the molecule is COc1cc2nncc(N[C@H](C)c3cccc(C(F)F)c3F)c2cc1OC1CCN(C(C)=O)CC1. The molecule has 1 aromatic heterocycles. The molecule has 1 aliphatic heterocycles. The lowest BCUT2D eigenvalue weighted by molar-refractivity contribution is -0.130. The number of nitrogens with zero attached hydrogens (tertiary/aromatic N) is 3. The van der Waals surface area contributed by atoms with Gasteiger partial charge in [0.05, 0.1) is 36.1 Å². The molecule has 1 N–H and O–H groups in total. The van der Waals surface area contributed by atoms with Crippen molar-refractivity contribution in [3.05, 3.63) is 53.5 Å². The van der Waals surface area contributed by atoms with E-state index in [0.29, 0.717) is 54.0 Å². The predicted molar refractivity (Wildman–Crippen MR) is 125 cm³/mol. The number of anilines is 1. The standard InChI is InChI=1S/C25H27F3N4O3/c1-14(17-5-4-6-18(24(17)26)25(27)28)30-21-13-29-31-20-12-22(34-3)23(11-19(20)21)35-16-7-9-32(10-8-16)15(2)33/h4-6,11-14,16,25H,7-10H2,1-3H3,(H,30,31)/t14-/m1/s1. The molecule has 2 heterocycles. The van der Waals surface area contributed by atoms with Crippen molar-refractivity contribution >= 4 is 22.5 Å². The molecule has 3 aromatic rings. The summed E-state index contributed by atoms with van der Waals surface area (Å²) in [6.07, 6.45) is -0.113. The smallest absolute Gasteiger partial charge is 0.266 e. The Balaban J connectivity index is 1.61. The Morgan fingerprint density at radius 3 is 2.54 bits per heavy atom. The highest BCUT2D eigenvalue weighted by atomic mass is 19.3. The average Bonchev–Trinajstić information content (AvgIpc) is 2.84. The fourth-order valence-electron chi connectivity index (χ4n) is 4.28. The van der Waals surface area contributed by atoms with Crippen LogP contribution < -0.4 is 14.8 Å². The van der Waals surface area contributed by atoms with Gasteiger partial charge in [-0.05, 0) is 13.0 Å². The number of nitrogens with one attached hydrogen (secondary N) is 1. The first kappa shape index (κ1) is 24.6. The number of aromatic nitrogens is 2. The van der Waals surface area contributed by atoms with Crippen LogP contribution in [0.3, 0.4) is 0 Å². The van der Waals surface area contributed by atoms with Gasteiger partial charge in [0.1, 0.15) is 11.9 Å². The van der Waals surface area contributed by atoms with Crippen LogP contribution in [0.1, 0.15) is 50.3 Å². The van der Waals surface area contributed by atoms with Gasteiger partial charge in [-0.3, -0.25) is 4.79 Å². The van der Waals surface area contributed by atoms with E-state index in [1.54, 1.807) is 30.9 Å². The van der Waals surface area contributed by atoms with Gasteiger partial charge in [-0.1, -0.05) is 18.2 Å². The molecule has 186 valence electrons. The maximum Gasteiger partial charge on any atom is 0.266 e. The Morgan fingerprint density at radius 1 is 1.17 bits per heavy atom. The molecule has 7 nitrogen and oxygen atoms in total. The lowest BCUT2D eigenvalue weighted by Crippen LogP contribution is -2.40. The number of rotatable bonds is 7. The van der Waals surface area contributed by atoms with Crippen molar-refractivity contribution in [3.8, 4) is 11.5 Å². The molecule has 1 amide bonds. The van der Waals surface area contributed by atoms with Crippen LogP contribution in [0.15, 0.2) is 36.5 Å². The van der Waals surface area contributed by atoms with Crippen LogP contribution in [0.4, 0.5) is 18.9 Å². The number of fused-ring (bicyclic) bond motifs is 1. The van der Waals surface area contributed by atoms with Crippen LogP contribution in [-0.4, -0.2) is 47.3 Å². The third-order valence-electron chi connectivity index (χ3n) is 6.24. The van der Waals surface area contributed by atoms with Crippen molar-refractivity contribution in [1.82, 2.24) is 15.1 Å². The summed E-state index contributed by atoms with van der Waals surface area (Å²) in [5.41, 5.74) is 0.558. The molecule has 1 atom stereocenters.